The molecule has 0 spiro atoms. The van der Waals surface area contributed by atoms with Crippen LogP contribution < -0.4 is 0 Å². The van der Waals surface area contributed by atoms with Crippen molar-refractivity contribution in [1.82, 2.24) is 0 Å². The molecule has 4 aromatic rings. The average Bonchev–Trinajstić information content (AvgIpc) is 2.75. The van der Waals surface area contributed by atoms with Crippen LogP contribution in [-0.4, -0.2) is 5.78 Å². The molecule has 0 aromatic heterocycles. The van der Waals surface area contributed by atoms with E-state index in [-0.39, 0.29) is 17.4 Å². The van der Waals surface area contributed by atoms with Gasteiger partial charge in [-0.2, -0.15) is 0 Å². The lowest BCUT2D eigenvalue weighted by molar-refractivity contribution is 0.103. The molecule has 0 N–H and O–H groups in total. The lowest BCUT2D eigenvalue weighted by Gasteiger charge is -2.13. The highest BCUT2D eigenvalue weighted by atomic mass is 19.1. The van der Waals surface area contributed by atoms with Gasteiger partial charge < -0.3 is 0 Å². The number of hydrogen-bond acceptors (Lipinski definition) is 1. The van der Waals surface area contributed by atoms with E-state index >= 15 is 0 Å². The van der Waals surface area contributed by atoms with E-state index in [1.165, 1.54) is 24.3 Å². The second kappa shape index (κ2) is 7.57. The van der Waals surface area contributed by atoms with Crippen LogP contribution in [0, 0.1) is 11.6 Å². The topological polar surface area (TPSA) is 17.1 Å². The second-order valence-electron chi connectivity index (χ2n) is 6.47. The summed E-state index contributed by atoms with van der Waals surface area (Å²) in [4.78, 5) is 12.9. The summed E-state index contributed by atoms with van der Waals surface area (Å²) < 4.78 is 26.7. The van der Waals surface area contributed by atoms with Crippen molar-refractivity contribution in [2.24, 2.45) is 0 Å². The highest BCUT2D eigenvalue weighted by Crippen LogP contribution is 2.34. The molecule has 0 saturated heterocycles. The predicted molar refractivity (Wildman–Crippen MR) is 107 cm³/mol. The van der Waals surface area contributed by atoms with Crippen molar-refractivity contribution >= 4 is 5.78 Å². The fraction of sp³-hybridized carbons (Fsp3) is 0. The molecule has 0 aliphatic heterocycles. The minimum absolute atomic E-state index is 0.0883. The Labute approximate surface area is 161 Å². The fourth-order valence-corrected chi connectivity index (χ4v) is 3.19. The van der Waals surface area contributed by atoms with Crippen LogP contribution in [0.15, 0.2) is 97.1 Å². The predicted octanol–water partition coefficient (Wildman–Crippen LogP) is 6.53. The summed E-state index contributed by atoms with van der Waals surface area (Å²) in [5, 5.41) is 0. The van der Waals surface area contributed by atoms with Crippen molar-refractivity contribution in [3.05, 3.63) is 120 Å². The lowest BCUT2D eigenvalue weighted by atomic mass is 9.91. The number of halogens is 2. The summed E-state index contributed by atoms with van der Waals surface area (Å²) in [5.74, 6) is -0.735. The zero-order chi connectivity index (χ0) is 19.5. The SMILES string of the molecule is O=C(c1ccccc1)c1ccc(-c2ccc(F)cc2)c(-c2ccc(F)cc2)c1. The second-order valence-corrected chi connectivity index (χ2v) is 6.47. The maximum Gasteiger partial charge on any atom is 0.193 e. The Morgan fingerprint density at radius 2 is 1.07 bits per heavy atom. The molecule has 0 amide bonds. The Bertz CT molecular complexity index is 1120. The van der Waals surface area contributed by atoms with E-state index < -0.39 is 0 Å². The van der Waals surface area contributed by atoms with E-state index in [0.717, 1.165) is 22.3 Å². The smallest absolute Gasteiger partial charge is 0.193 e. The van der Waals surface area contributed by atoms with Crippen molar-refractivity contribution in [1.29, 1.82) is 0 Å². The Hall–Kier alpha value is -3.59. The molecule has 0 aliphatic carbocycles. The van der Waals surface area contributed by atoms with Crippen LogP contribution in [0.4, 0.5) is 8.78 Å². The molecule has 1 nitrogen and oxygen atoms in total. The third kappa shape index (κ3) is 3.60. The van der Waals surface area contributed by atoms with Crippen molar-refractivity contribution < 1.29 is 13.6 Å². The van der Waals surface area contributed by atoms with E-state index in [0.29, 0.717) is 11.1 Å². The van der Waals surface area contributed by atoms with Crippen molar-refractivity contribution in [3.63, 3.8) is 0 Å². The fourth-order valence-electron chi connectivity index (χ4n) is 3.19. The van der Waals surface area contributed by atoms with Gasteiger partial charge in [-0.05, 0) is 52.6 Å². The van der Waals surface area contributed by atoms with Gasteiger partial charge in [0.15, 0.2) is 5.78 Å². The number of carbonyl (C=O) groups excluding carboxylic acids is 1. The molecule has 28 heavy (non-hydrogen) atoms. The van der Waals surface area contributed by atoms with E-state index in [9.17, 15) is 13.6 Å². The van der Waals surface area contributed by atoms with E-state index in [4.69, 9.17) is 0 Å². The van der Waals surface area contributed by atoms with Crippen LogP contribution in [0.2, 0.25) is 0 Å². The molecule has 0 aliphatic rings. The van der Waals surface area contributed by atoms with Gasteiger partial charge in [0.05, 0.1) is 0 Å². The molecular weight excluding hydrogens is 354 g/mol. The minimum atomic E-state index is -0.330. The molecule has 4 aromatic carbocycles. The Morgan fingerprint density at radius 3 is 1.64 bits per heavy atom. The van der Waals surface area contributed by atoms with Crippen LogP contribution in [0.5, 0.6) is 0 Å². The molecule has 0 heterocycles. The molecule has 0 fully saturated rings. The highest BCUT2D eigenvalue weighted by molar-refractivity contribution is 6.10. The first-order valence-corrected chi connectivity index (χ1v) is 8.87. The Morgan fingerprint density at radius 1 is 0.536 bits per heavy atom. The molecule has 3 heteroatoms. The third-order valence-electron chi connectivity index (χ3n) is 4.63. The summed E-state index contributed by atoms with van der Waals surface area (Å²) in [5.41, 5.74) is 4.37. The number of benzene rings is 4. The zero-order valence-corrected chi connectivity index (χ0v) is 14.9. The molecule has 0 radical (unpaired) electrons. The van der Waals surface area contributed by atoms with E-state index in [2.05, 4.69) is 0 Å². The van der Waals surface area contributed by atoms with Crippen molar-refractivity contribution in [3.8, 4) is 22.3 Å². The summed E-state index contributed by atoms with van der Waals surface area (Å²) in [6, 6.07) is 26.8. The molecular formula is C25H16F2O. The number of hydrogen-bond donors (Lipinski definition) is 0. The van der Waals surface area contributed by atoms with Crippen molar-refractivity contribution in [2.75, 3.05) is 0 Å². The van der Waals surface area contributed by atoms with Crippen LogP contribution in [0.25, 0.3) is 22.3 Å². The number of ketones is 1. The zero-order valence-electron chi connectivity index (χ0n) is 14.9. The normalized spacial score (nSPS) is 10.6. The van der Waals surface area contributed by atoms with Gasteiger partial charge in [-0.3, -0.25) is 4.79 Å². The Balaban J connectivity index is 1.86. The Kier molecular flexibility index (Phi) is 4.81. The molecule has 4 rings (SSSR count). The van der Waals surface area contributed by atoms with Gasteiger partial charge in [-0.25, -0.2) is 8.78 Å². The average molecular weight is 370 g/mol. The van der Waals surface area contributed by atoms with Gasteiger partial charge in [0.1, 0.15) is 11.6 Å². The maximum atomic E-state index is 13.4. The lowest BCUT2D eigenvalue weighted by Crippen LogP contribution is -2.01. The standard InChI is InChI=1S/C25H16F2O/c26-21-11-6-17(7-12-21)23-15-10-20(25(28)19-4-2-1-3-5-19)16-24(23)18-8-13-22(27)14-9-18/h1-16H. The van der Waals surface area contributed by atoms with Crippen LogP contribution in [0.3, 0.4) is 0 Å². The number of rotatable bonds is 4. The largest absolute Gasteiger partial charge is 0.289 e. The minimum Gasteiger partial charge on any atom is -0.289 e. The molecule has 0 saturated carbocycles. The third-order valence-corrected chi connectivity index (χ3v) is 4.63. The van der Waals surface area contributed by atoms with E-state index in [1.807, 2.05) is 24.3 Å². The monoisotopic (exact) mass is 370 g/mol. The summed E-state index contributed by atoms with van der Waals surface area (Å²) in [7, 11) is 0. The first-order chi connectivity index (χ1) is 13.6. The molecule has 136 valence electrons. The van der Waals surface area contributed by atoms with Gasteiger partial charge in [-0.1, -0.05) is 66.7 Å². The first kappa shape index (κ1) is 17.8. The summed E-state index contributed by atoms with van der Waals surface area (Å²) in [6.07, 6.45) is 0. The molecule has 0 atom stereocenters. The molecule has 0 unspecified atom stereocenters. The van der Waals surface area contributed by atoms with Crippen LogP contribution in [-0.2, 0) is 0 Å². The quantitative estimate of drug-likeness (QED) is 0.373. The van der Waals surface area contributed by atoms with Gasteiger partial charge in [0, 0.05) is 11.1 Å². The van der Waals surface area contributed by atoms with Crippen LogP contribution in [0.1, 0.15) is 15.9 Å². The van der Waals surface area contributed by atoms with Gasteiger partial charge in [0.2, 0.25) is 0 Å². The van der Waals surface area contributed by atoms with Gasteiger partial charge in [0.25, 0.3) is 0 Å². The first-order valence-electron chi connectivity index (χ1n) is 8.87. The van der Waals surface area contributed by atoms with Crippen LogP contribution >= 0.6 is 0 Å². The maximum absolute atomic E-state index is 13.4. The summed E-state index contributed by atoms with van der Waals surface area (Å²) >= 11 is 0. The van der Waals surface area contributed by atoms with Crippen molar-refractivity contribution in [2.45, 2.75) is 0 Å². The molecule has 0 bridgehead atoms. The highest BCUT2D eigenvalue weighted by Gasteiger charge is 2.14. The number of carbonyl (C=O) groups is 1. The van der Waals surface area contributed by atoms with Gasteiger partial charge in [-0.15, -0.1) is 0 Å². The summed E-state index contributed by atoms with van der Waals surface area (Å²) in [6.45, 7) is 0. The van der Waals surface area contributed by atoms with E-state index in [1.54, 1.807) is 48.5 Å². The van der Waals surface area contributed by atoms with Gasteiger partial charge >= 0.3 is 0 Å².